The molecule has 2 nitrogen and oxygen atoms in total. The van der Waals surface area contributed by atoms with Crippen molar-refractivity contribution < 1.29 is 9.50 Å². The number of para-hydroxylation sites is 1. The van der Waals surface area contributed by atoms with Gasteiger partial charge in [0, 0.05) is 18.9 Å². The van der Waals surface area contributed by atoms with Crippen LogP contribution >= 0.6 is 0 Å². The minimum absolute atomic E-state index is 0.0482. The maximum atomic E-state index is 14.5. The molecule has 1 saturated heterocycles. The van der Waals surface area contributed by atoms with Gasteiger partial charge in [-0.15, -0.1) is 0 Å². The van der Waals surface area contributed by atoms with Crippen molar-refractivity contribution in [1.29, 1.82) is 0 Å². The molecule has 1 fully saturated rings. The molecule has 1 heterocycles. The third kappa shape index (κ3) is 2.35. The largest absolute Gasteiger partial charge is 0.508 e. The molecule has 1 aromatic carbocycles. The first-order chi connectivity index (χ1) is 7.59. The van der Waals surface area contributed by atoms with Crippen LogP contribution in [0.5, 0.6) is 5.75 Å². The maximum Gasteiger partial charge on any atom is 0.118 e. The van der Waals surface area contributed by atoms with E-state index in [1.54, 1.807) is 25.1 Å². The molecule has 2 unspecified atom stereocenters. The van der Waals surface area contributed by atoms with E-state index in [4.69, 9.17) is 0 Å². The van der Waals surface area contributed by atoms with E-state index in [-0.39, 0.29) is 18.1 Å². The Morgan fingerprint density at radius 3 is 2.88 bits per heavy atom. The second kappa shape index (κ2) is 4.42. The fourth-order valence-corrected chi connectivity index (χ4v) is 2.35. The Kier molecular flexibility index (Phi) is 3.15. The SMILES string of the molecule is CC(F)(Cc1ccccc1O)C1CCNC1. The summed E-state index contributed by atoms with van der Waals surface area (Å²) in [4.78, 5) is 0. The summed E-state index contributed by atoms with van der Waals surface area (Å²) in [7, 11) is 0. The third-order valence-electron chi connectivity index (χ3n) is 3.44. The van der Waals surface area contributed by atoms with Gasteiger partial charge in [-0.2, -0.15) is 0 Å². The lowest BCUT2D eigenvalue weighted by Crippen LogP contribution is -2.33. The van der Waals surface area contributed by atoms with E-state index >= 15 is 0 Å². The number of benzene rings is 1. The van der Waals surface area contributed by atoms with Crippen molar-refractivity contribution in [3.8, 4) is 5.75 Å². The quantitative estimate of drug-likeness (QED) is 0.824. The van der Waals surface area contributed by atoms with Crippen LogP contribution in [0.1, 0.15) is 18.9 Å². The molecule has 0 amide bonds. The standard InChI is InChI=1S/C13H18FNO/c1-13(14,11-6-7-15-9-11)8-10-4-2-3-5-12(10)16/h2-5,11,15-16H,6-9H2,1H3. The molecule has 2 atom stereocenters. The van der Waals surface area contributed by atoms with Gasteiger partial charge in [0.05, 0.1) is 0 Å². The number of hydrogen-bond acceptors (Lipinski definition) is 2. The van der Waals surface area contributed by atoms with Gasteiger partial charge >= 0.3 is 0 Å². The second-order valence-corrected chi connectivity index (χ2v) is 4.77. The molecule has 88 valence electrons. The van der Waals surface area contributed by atoms with Crippen molar-refractivity contribution >= 4 is 0 Å². The smallest absolute Gasteiger partial charge is 0.118 e. The van der Waals surface area contributed by atoms with Gasteiger partial charge in [-0.1, -0.05) is 18.2 Å². The maximum absolute atomic E-state index is 14.5. The molecule has 2 rings (SSSR count). The van der Waals surface area contributed by atoms with Crippen LogP contribution in [0.3, 0.4) is 0 Å². The average Bonchev–Trinajstić information content (AvgIpc) is 2.75. The first-order valence-electron chi connectivity index (χ1n) is 5.76. The van der Waals surface area contributed by atoms with Gasteiger partial charge in [0.2, 0.25) is 0 Å². The predicted octanol–water partition coefficient (Wildman–Crippen LogP) is 2.27. The number of halogens is 1. The summed E-state index contributed by atoms with van der Waals surface area (Å²) < 4.78 is 14.5. The van der Waals surface area contributed by atoms with Crippen LogP contribution < -0.4 is 5.32 Å². The number of rotatable bonds is 3. The zero-order chi connectivity index (χ0) is 11.6. The van der Waals surface area contributed by atoms with Gasteiger partial charge in [-0.25, -0.2) is 4.39 Å². The Bertz CT molecular complexity index is 359. The van der Waals surface area contributed by atoms with Crippen molar-refractivity contribution in [2.24, 2.45) is 5.92 Å². The summed E-state index contributed by atoms with van der Waals surface area (Å²) in [5, 5.41) is 12.8. The third-order valence-corrected chi connectivity index (χ3v) is 3.44. The van der Waals surface area contributed by atoms with E-state index in [9.17, 15) is 9.50 Å². The van der Waals surface area contributed by atoms with E-state index in [1.807, 2.05) is 6.07 Å². The molecule has 1 aromatic rings. The predicted molar refractivity (Wildman–Crippen MR) is 62.3 cm³/mol. The van der Waals surface area contributed by atoms with Crippen LogP contribution in [0.4, 0.5) is 4.39 Å². The minimum atomic E-state index is -1.25. The molecule has 1 aliphatic rings. The summed E-state index contributed by atoms with van der Waals surface area (Å²) in [5.41, 5.74) is -0.554. The van der Waals surface area contributed by atoms with Crippen molar-refractivity contribution in [2.45, 2.75) is 25.4 Å². The monoisotopic (exact) mass is 223 g/mol. The Morgan fingerprint density at radius 2 is 2.25 bits per heavy atom. The molecule has 0 aromatic heterocycles. The summed E-state index contributed by atoms with van der Waals surface area (Å²) in [6, 6.07) is 6.98. The summed E-state index contributed by atoms with van der Waals surface area (Å²) in [6.07, 6.45) is 1.16. The van der Waals surface area contributed by atoms with Crippen LogP contribution in [-0.4, -0.2) is 23.9 Å². The van der Waals surface area contributed by atoms with Crippen molar-refractivity contribution in [3.63, 3.8) is 0 Å². The molecule has 2 N–H and O–H groups in total. The van der Waals surface area contributed by atoms with E-state index in [0.29, 0.717) is 5.56 Å². The lowest BCUT2D eigenvalue weighted by atomic mass is 9.84. The fraction of sp³-hybridized carbons (Fsp3) is 0.538. The number of alkyl halides is 1. The van der Waals surface area contributed by atoms with E-state index < -0.39 is 5.67 Å². The highest BCUT2D eigenvalue weighted by atomic mass is 19.1. The Hall–Kier alpha value is -1.09. The van der Waals surface area contributed by atoms with Gasteiger partial charge < -0.3 is 10.4 Å². The van der Waals surface area contributed by atoms with E-state index in [0.717, 1.165) is 19.5 Å². The van der Waals surface area contributed by atoms with Gasteiger partial charge in [0.15, 0.2) is 0 Å². The number of aromatic hydroxyl groups is 1. The highest BCUT2D eigenvalue weighted by molar-refractivity contribution is 5.33. The van der Waals surface area contributed by atoms with Gasteiger partial charge in [-0.3, -0.25) is 0 Å². The number of phenolic OH excluding ortho intramolecular Hbond substituents is 1. The molecule has 1 aliphatic heterocycles. The first kappa shape index (κ1) is 11.4. The highest BCUT2D eigenvalue weighted by Gasteiger charge is 2.36. The molecule has 0 spiro atoms. The lowest BCUT2D eigenvalue weighted by molar-refractivity contribution is 0.112. The summed E-state index contributed by atoms with van der Waals surface area (Å²) >= 11 is 0. The van der Waals surface area contributed by atoms with Crippen LogP contribution in [0.25, 0.3) is 0 Å². The molecule has 16 heavy (non-hydrogen) atoms. The molecule has 0 aliphatic carbocycles. The molecular formula is C13H18FNO. The lowest BCUT2D eigenvalue weighted by Gasteiger charge is -2.27. The van der Waals surface area contributed by atoms with Gasteiger partial charge in [0.1, 0.15) is 11.4 Å². The van der Waals surface area contributed by atoms with Gasteiger partial charge in [-0.05, 0) is 31.5 Å². The zero-order valence-corrected chi connectivity index (χ0v) is 9.54. The van der Waals surface area contributed by atoms with Crippen LogP contribution in [-0.2, 0) is 6.42 Å². The van der Waals surface area contributed by atoms with E-state index in [1.165, 1.54) is 0 Å². The zero-order valence-electron chi connectivity index (χ0n) is 9.54. The number of hydrogen-bond donors (Lipinski definition) is 2. The minimum Gasteiger partial charge on any atom is -0.508 e. The van der Waals surface area contributed by atoms with Crippen LogP contribution in [0, 0.1) is 5.92 Å². The highest BCUT2D eigenvalue weighted by Crippen LogP contribution is 2.33. The molecular weight excluding hydrogens is 205 g/mol. The number of nitrogens with one attached hydrogen (secondary N) is 1. The molecule has 0 radical (unpaired) electrons. The molecule has 3 heteroatoms. The van der Waals surface area contributed by atoms with Crippen molar-refractivity contribution in [1.82, 2.24) is 5.32 Å². The van der Waals surface area contributed by atoms with E-state index in [2.05, 4.69) is 5.32 Å². The summed E-state index contributed by atoms with van der Waals surface area (Å²) in [5.74, 6) is 0.240. The Balaban J connectivity index is 2.10. The summed E-state index contributed by atoms with van der Waals surface area (Å²) in [6.45, 7) is 3.27. The van der Waals surface area contributed by atoms with Crippen molar-refractivity contribution in [2.75, 3.05) is 13.1 Å². The van der Waals surface area contributed by atoms with Crippen molar-refractivity contribution in [3.05, 3.63) is 29.8 Å². The Labute approximate surface area is 95.5 Å². The fourth-order valence-electron chi connectivity index (χ4n) is 2.35. The Morgan fingerprint density at radius 1 is 1.50 bits per heavy atom. The topological polar surface area (TPSA) is 32.3 Å². The van der Waals surface area contributed by atoms with Crippen LogP contribution in [0.15, 0.2) is 24.3 Å². The van der Waals surface area contributed by atoms with Gasteiger partial charge in [0.25, 0.3) is 0 Å². The molecule has 0 saturated carbocycles. The average molecular weight is 223 g/mol. The second-order valence-electron chi connectivity index (χ2n) is 4.77. The number of phenols is 1. The first-order valence-corrected chi connectivity index (χ1v) is 5.76. The molecule has 0 bridgehead atoms. The van der Waals surface area contributed by atoms with Crippen LogP contribution in [0.2, 0.25) is 0 Å². The normalized spacial score (nSPS) is 24.2.